The molecule has 1 N–H and O–H groups in total. The second-order valence-corrected chi connectivity index (χ2v) is 6.05. The van der Waals surface area contributed by atoms with Crippen LogP contribution >= 0.6 is 15.9 Å². The molecule has 0 aromatic heterocycles. The Morgan fingerprint density at radius 3 is 2.78 bits per heavy atom. The number of carbonyl (C=O) groups is 1. The minimum absolute atomic E-state index is 0.221. The van der Waals surface area contributed by atoms with Gasteiger partial charge in [0, 0.05) is 24.1 Å². The van der Waals surface area contributed by atoms with Crippen LogP contribution in [-0.2, 0) is 11.3 Å². The number of carboxylic acid groups (broad SMARTS) is 1. The van der Waals surface area contributed by atoms with E-state index >= 15 is 0 Å². The van der Waals surface area contributed by atoms with Crippen LogP contribution in [0.4, 0.5) is 0 Å². The van der Waals surface area contributed by atoms with Crippen LogP contribution in [0, 0.1) is 18.8 Å². The molecule has 18 heavy (non-hydrogen) atoms. The van der Waals surface area contributed by atoms with E-state index in [-0.39, 0.29) is 11.8 Å². The van der Waals surface area contributed by atoms with Crippen molar-refractivity contribution in [1.82, 2.24) is 4.90 Å². The fourth-order valence-electron chi connectivity index (χ4n) is 2.58. The van der Waals surface area contributed by atoms with Crippen LogP contribution in [0.2, 0.25) is 0 Å². The number of aliphatic carboxylic acids is 1. The average Bonchev–Trinajstić information content (AvgIpc) is 2.65. The van der Waals surface area contributed by atoms with E-state index in [0.29, 0.717) is 6.54 Å². The molecule has 1 fully saturated rings. The van der Waals surface area contributed by atoms with Gasteiger partial charge in [0.2, 0.25) is 0 Å². The molecule has 0 amide bonds. The van der Waals surface area contributed by atoms with Crippen molar-refractivity contribution >= 4 is 21.9 Å². The summed E-state index contributed by atoms with van der Waals surface area (Å²) in [5.41, 5.74) is 2.46. The molecule has 1 aliphatic rings. The Bertz CT molecular complexity index is 461. The molecule has 1 aromatic carbocycles. The van der Waals surface area contributed by atoms with Gasteiger partial charge in [0.25, 0.3) is 0 Å². The fourth-order valence-corrected chi connectivity index (χ4v) is 2.83. The smallest absolute Gasteiger partial charge is 0.308 e. The summed E-state index contributed by atoms with van der Waals surface area (Å²) in [7, 11) is 0. The molecule has 0 bridgehead atoms. The van der Waals surface area contributed by atoms with Gasteiger partial charge in [-0.25, -0.2) is 0 Å². The van der Waals surface area contributed by atoms with E-state index in [1.165, 1.54) is 11.1 Å². The Kier molecular flexibility index (Phi) is 4.07. The Morgan fingerprint density at radius 2 is 2.22 bits per heavy atom. The van der Waals surface area contributed by atoms with Crippen molar-refractivity contribution < 1.29 is 9.90 Å². The van der Waals surface area contributed by atoms with Crippen molar-refractivity contribution in [3.63, 3.8) is 0 Å². The van der Waals surface area contributed by atoms with Gasteiger partial charge >= 0.3 is 5.97 Å². The van der Waals surface area contributed by atoms with Crippen LogP contribution < -0.4 is 0 Å². The number of halogens is 1. The third kappa shape index (κ3) is 2.93. The fraction of sp³-hybridized carbons (Fsp3) is 0.500. The van der Waals surface area contributed by atoms with Gasteiger partial charge in [0.05, 0.1) is 5.92 Å². The maximum absolute atomic E-state index is 11.1. The maximum Gasteiger partial charge on any atom is 0.308 e. The molecule has 0 aliphatic carbocycles. The molecule has 3 nitrogen and oxygen atoms in total. The van der Waals surface area contributed by atoms with Gasteiger partial charge < -0.3 is 5.11 Å². The summed E-state index contributed by atoms with van der Waals surface area (Å²) in [5, 5.41) is 9.12. The maximum atomic E-state index is 11.1. The molecule has 1 aromatic rings. The number of carboxylic acids is 1. The molecule has 1 heterocycles. The molecule has 0 spiro atoms. The highest BCUT2D eigenvalue weighted by Gasteiger charge is 2.34. The zero-order valence-electron chi connectivity index (χ0n) is 10.7. The van der Waals surface area contributed by atoms with E-state index in [1.807, 2.05) is 6.92 Å². The average molecular weight is 312 g/mol. The van der Waals surface area contributed by atoms with Crippen molar-refractivity contribution in [3.8, 4) is 0 Å². The number of hydrogen-bond acceptors (Lipinski definition) is 2. The largest absolute Gasteiger partial charge is 0.481 e. The van der Waals surface area contributed by atoms with Crippen LogP contribution in [0.15, 0.2) is 22.7 Å². The summed E-state index contributed by atoms with van der Waals surface area (Å²) < 4.78 is 1.12. The molecule has 1 saturated heterocycles. The second-order valence-electron chi connectivity index (χ2n) is 5.20. The van der Waals surface area contributed by atoms with Crippen LogP contribution in [0.5, 0.6) is 0 Å². The quantitative estimate of drug-likeness (QED) is 0.933. The number of benzene rings is 1. The summed E-state index contributed by atoms with van der Waals surface area (Å²) >= 11 is 3.49. The first kappa shape index (κ1) is 13.6. The minimum atomic E-state index is -0.669. The van der Waals surface area contributed by atoms with E-state index in [1.54, 1.807) is 0 Å². The summed E-state index contributed by atoms with van der Waals surface area (Å²) in [6.45, 7) is 6.45. The Morgan fingerprint density at radius 1 is 1.50 bits per heavy atom. The second kappa shape index (κ2) is 5.41. The summed E-state index contributed by atoms with van der Waals surface area (Å²) in [6, 6.07) is 6.30. The van der Waals surface area contributed by atoms with Gasteiger partial charge in [-0.2, -0.15) is 0 Å². The van der Waals surface area contributed by atoms with Crippen molar-refractivity contribution in [3.05, 3.63) is 33.8 Å². The lowest BCUT2D eigenvalue weighted by Gasteiger charge is -2.15. The van der Waals surface area contributed by atoms with Crippen LogP contribution in [0.1, 0.15) is 18.1 Å². The van der Waals surface area contributed by atoms with Gasteiger partial charge in [0.1, 0.15) is 0 Å². The molecule has 98 valence electrons. The van der Waals surface area contributed by atoms with Gasteiger partial charge in [-0.3, -0.25) is 9.69 Å². The third-order valence-corrected chi connectivity index (χ3v) is 4.52. The Labute approximate surface area is 116 Å². The van der Waals surface area contributed by atoms with E-state index in [9.17, 15) is 4.79 Å². The van der Waals surface area contributed by atoms with E-state index < -0.39 is 5.97 Å². The Hall–Kier alpha value is -0.870. The molecule has 1 aliphatic heterocycles. The predicted molar refractivity (Wildman–Crippen MR) is 74.4 cm³/mol. The number of nitrogens with zero attached hydrogens (tertiary/aromatic N) is 1. The van der Waals surface area contributed by atoms with E-state index in [2.05, 4.69) is 46.0 Å². The molecule has 4 heteroatoms. The summed E-state index contributed by atoms with van der Waals surface area (Å²) in [6.07, 6.45) is 0. The van der Waals surface area contributed by atoms with Crippen LogP contribution in [0.3, 0.4) is 0 Å². The standard InChI is InChI=1S/C14H18BrNO2/c1-9-5-11(3-4-13(9)15)7-16-6-10(2)12(8-16)14(17)18/h3-5,10,12H,6-8H2,1-2H3,(H,17,18)/t10-,12-/m1/s1. The van der Waals surface area contributed by atoms with Crippen LogP contribution in [-0.4, -0.2) is 29.1 Å². The van der Waals surface area contributed by atoms with Gasteiger partial charge in [-0.1, -0.05) is 35.0 Å². The Balaban J connectivity index is 2.03. The first-order valence-corrected chi connectivity index (χ1v) is 6.97. The molecule has 0 saturated carbocycles. The van der Waals surface area contributed by atoms with Gasteiger partial charge in [-0.05, 0) is 30.0 Å². The van der Waals surface area contributed by atoms with Gasteiger partial charge in [0.15, 0.2) is 0 Å². The molecule has 2 rings (SSSR count). The lowest BCUT2D eigenvalue weighted by Crippen LogP contribution is -2.23. The lowest BCUT2D eigenvalue weighted by atomic mass is 9.99. The molecular weight excluding hydrogens is 294 g/mol. The van der Waals surface area contributed by atoms with E-state index in [0.717, 1.165) is 17.6 Å². The molecule has 2 atom stereocenters. The molecule has 0 unspecified atom stereocenters. The molecule has 0 radical (unpaired) electrons. The zero-order chi connectivity index (χ0) is 13.3. The van der Waals surface area contributed by atoms with Crippen LogP contribution in [0.25, 0.3) is 0 Å². The summed E-state index contributed by atoms with van der Waals surface area (Å²) in [5.74, 6) is -0.655. The SMILES string of the molecule is Cc1cc(CN2C[C@@H](C)[C@H](C(=O)O)C2)ccc1Br. The first-order chi connectivity index (χ1) is 8.47. The minimum Gasteiger partial charge on any atom is -0.481 e. The first-order valence-electron chi connectivity index (χ1n) is 6.17. The zero-order valence-corrected chi connectivity index (χ0v) is 12.3. The highest BCUT2D eigenvalue weighted by molar-refractivity contribution is 9.10. The number of likely N-dealkylation sites (tertiary alicyclic amines) is 1. The molecular formula is C14H18BrNO2. The summed E-state index contributed by atoms with van der Waals surface area (Å²) in [4.78, 5) is 13.3. The normalized spacial score (nSPS) is 24.4. The highest BCUT2D eigenvalue weighted by Crippen LogP contribution is 2.25. The van der Waals surface area contributed by atoms with Gasteiger partial charge in [-0.15, -0.1) is 0 Å². The van der Waals surface area contributed by atoms with Crippen molar-refractivity contribution in [2.75, 3.05) is 13.1 Å². The predicted octanol–water partition coefficient (Wildman–Crippen LogP) is 2.91. The van der Waals surface area contributed by atoms with Crippen molar-refractivity contribution in [2.24, 2.45) is 11.8 Å². The lowest BCUT2D eigenvalue weighted by molar-refractivity contribution is -0.142. The number of hydrogen-bond donors (Lipinski definition) is 1. The number of rotatable bonds is 3. The monoisotopic (exact) mass is 311 g/mol. The highest BCUT2D eigenvalue weighted by atomic mass is 79.9. The number of aryl methyl sites for hydroxylation is 1. The topological polar surface area (TPSA) is 40.5 Å². The third-order valence-electron chi connectivity index (χ3n) is 3.63. The van der Waals surface area contributed by atoms with Crippen molar-refractivity contribution in [1.29, 1.82) is 0 Å². The van der Waals surface area contributed by atoms with Crippen molar-refractivity contribution in [2.45, 2.75) is 20.4 Å². The van der Waals surface area contributed by atoms with E-state index in [4.69, 9.17) is 5.11 Å².